The van der Waals surface area contributed by atoms with Crippen molar-refractivity contribution in [2.24, 2.45) is 0 Å². The summed E-state index contributed by atoms with van der Waals surface area (Å²) < 4.78 is 14.7. The molecule has 0 aromatic rings. The van der Waals surface area contributed by atoms with Gasteiger partial charge in [0.15, 0.2) is 0 Å². The molecular weight excluding hydrogens is 206 g/mol. The second-order valence-corrected chi connectivity index (χ2v) is 2.76. The molecule has 0 unspecified atom stereocenters. The van der Waals surface area contributed by atoms with E-state index in [2.05, 4.69) is 4.52 Å². The fourth-order valence-electron chi connectivity index (χ4n) is 0.767. The van der Waals surface area contributed by atoms with Crippen LogP contribution in [0.5, 0.6) is 0 Å². The van der Waals surface area contributed by atoms with Crippen LogP contribution in [0.25, 0.3) is 0 Å². The normalized spacial score (nSPS) is 11.5. The third-order valence-electron chi connectivity index (χ3n) is 1.06. The number of ether oxygens (including phenoxy) is 2. The third-order valence-corrected chi connectivity index (χ3v) is 1.56. The molecule has 0 rings (SSSR count). The van der Waals surface area contributed by atoms with Gasteiger partial charge in [-0.25, -0.2) is 0 Å². The maximum Gasteiger partial charge on any atom is 1.00 e. The van der Waals surface area contributed by atoms with Crippen LogP contribution >= 0.6 is 8.60 Å². The molecule has 7 heteroatoms. The van der Waals surface area contributed by atoms with Crippen LogP contribution in [0.4, 0.5) is 0 Å². The summed E-state index contributed by atoms with van der Waals surface area (Å²) in [6.07, 6.45) is 0. The Balaban J connectivity index is -0.000000605. The van der Waals surface area contributed by atoms with E-state index in [-0.39, 0.29) is 31.0 Å². The van der Waals surface area contributed by atoms with Crippen molar-refractivity contribution in [1.82, 2.24) is 0 Å². The van der Waals surface area contributed by atoms with E-state index in [1.54, 1.807) is 13.8 Å². The smallest absolute Gasteiger partial charge is 1.00 e. The van der Waals surface area contributed by atoms with Gasteiger partial charge in [-0.1, -0.05) is 0 Å². The van der Waals surface area contributed by atoms with Gasteiger partial charge in [0, 0.05) is 20.1 Å². The molecule has 0 bridgehead atoms. The predicted molar refractivity (Wildman–Crippen MR) is 45.2 cm³/mol. The molecule has 76 valence electrons. The van der Waals surface area contributed by atoms with E-state index < -0.39 is 14.6 Å². The van der Waals surface area contributed by atoms with Crippen molar-refractivity contribution in [2.45, 2.75) is 26.7 Å². The van der Waals surface area contributed by atoms with E-state index in [0.29, 0.717) is 13.2 Å². The van der Waals surface area contributed by atoms with Gasteiger partial charge >= 0.3 is 38.2 Å². The van der Waals surface area contributed by atoms with Crippen molar-refractivity contribution in [3.8, 4) is 0 Å². The molecule has 13 heavy (non-hydrogen) atoms. The van der Waals surface area contributed by atoms with E-state index in [4.69, 9.17) is 19.3 Å². The first-order valence-corrected chi connectivity index (χ1v) is 4.85. The third kappa shape index (κ3) is 8.24. The monoisotopic (exact) mass is 222 g/mol. The molecule has 0 atom stereocenters. The molecule has 0 radical (unpaired) electrons. The van der Waals surface area contributed by atoms with Gasteiger partial charge in [-0.05, 0) is 13.8 Å². The molecule has 0 saturated carbocycles. The van der Waals surface area contributed by atoms with E-state index in [0.717, 1.165) is 0 Å². The average molecular weight is 222 g/mol. The Morgan fingerprint density at radius 3 is 1.85 bits per heavy atom. The van der Waals surface area contributed by atoms with Crippen molar-refractivity contribution in [2.75, 3.05) is 13.2 Å². The number of hydrogen-bond donors (Lipinski definition) is 2. The van der Waals surface area contributed by atoms with Crippen LogP contribution in [0.2, 0.25) is 0 Å². The minimum absolute atomic E-state index is 0. The maximum absolute atomic E-state index is 8.58. The zero-order valence-corrected chi connectivity index (χ0v) is 11.4. The van der Waals surface area contributed by atoms with Crippen LogP contribution in [-0.4, -0.2) is 29.0 Å². The van der Waals surface area contributed by atoms with Gasteiger partial charge in [0.1, 0.15) is 0 Å². The molecule has 0 aromatic heterocycles. The first-order chi connectivity index (χ1) is 5.54. The van der Waals surface area contributed by atoms with Gasteiger partial charge in [-0.2, -0.15) is 0 Å². The zero-order chi connectivity index (χ0) is 9.61. The second kappa shape index (κ2) is 8.53. The summed E-state index contributed by atoms with van der Waals surface area (Å²) in [6, 6.07) is 0. The molecule has 5 nitrogen and oxygen atoms in total. The Kier molecular flexibility index (Phi) is 10.9. The molecule has 0 aliphatic rings. The summed E-state index contributed by atoms with van der Waals surface area (Å²) in [6.45, 7) is 5.76. The van der Waals surface area contributed by atoms with Crippen LogP contribution in [0.15, 0.2) is 0 Å². The first kappa shape index (κ1) is 16.7. The minimum atomic E-state index is -2.46. The average Bonchev–Trinajstić information content (AvgIpc) is 1.85. The Hall–Kier alpha value is 1.23. The Morgan fingerprint density at radius 1 is 1.23 bits per heavy atom. The fraction of sp³-hybridized carbons (Fsp3) is 1.00. The van der Waals surface area contributed by atoms with E-state index in [1.807, 2.05) is 0 Å². The summed E-state index contributed by atoms with van der Waals surface area (Å²) in [4.78, 5) is 17.2. The molecule has 0 aliphatic carbocycles. The van der Waals surface area contributed by atoms with Crippen molar-refractivity contribution in [3.63, 3.8) is 0 Å². The maximum atomic E-state index is 8.58. The van der Waals surface area contributed by atoms with Crippen molar-refractivity contribution < 1.29 is 54.8 Å². The molecular formula is C6H16NaO5P. The SMILES string of the molecule is CCOC(C)(OCC)OP(O)O.[H-].[Na+]. The molecule has 0 aromatic carbocycles. The Bertz CT molecular complexity index is 123. The van der Waals surface area contributed by atoms with Gasteiger partial charge in [-0.3, -0.25) is 4.52 Å². The second-order valence-electron chi connectivity index (χ2n) is 2.07. The standard InChI is InChI=1S/C6H15O5P.Na.H/c1-4-9-6(3,10-5-2)11-12(7)8;;/h7-8H,4-5H2,1-3H3;;/q;+1;-1. The predicted octanol–water partition coefficient (Wildman–Crippen LogP) is -1.92. The van der Waals surface area contributed by atoms with Crippen LogP contribution < -0.4 is 29.6 Å². The van der Waals surface area contributed by atoms with Crippen LogP contribution in [0.1, 0.15) is 22.2 Å². The van der Waals surface area contributed by atoms with Gasteiger partial charge in [0.2, 0.25) is 0 Å². The topological polar surface area (TPSA) is 68.2 Å². The molecule has 0 saturated heterocycles. The van der Waals surface area contributed by atoms with E-state index in [9.17, 15) is 0 Å². The molecule has 0 spiro atoms. The molecule has 0 aliphatic heterocycles. The van der Waals surface area contributed by atoms with Crippen molar-refractivity contribution in [1.29, 1.82) is 0 Å². The summed E-state index contributed by atoms with van der Waals surface area (Å²) in [5.41, 5.74) is 0. The molecule has 2 N–H and O–H groups in total. The number of rotatable bonds is 6. The summed E-state index contributed by atoms with van der Waals surface area (Å²) in [5, 5.41) is 0. The quantitative estimate of drug-likeness (QED) is 0.311. The molecule has 0 heterocycles. The minimum Gasteiger partial charge on any atom is -1.00 e. The Morgan fingerprint density at radius 2 is 1.62 bits per heavy atom. The van der Waals surface area contributed by atoms with Gasteiger partial charge < -0.3 is 20.7 Å². The summed E-state index contributed by atoms with van der Waals surface area (Å²) in [5.74, 6) is -1.35. The largest absolute Gasteiger partial charge is 1.00 e. The van der Waals surface area contributed by atoms with Crippen molar-refractivity contribution in [3.05, 3.63) is 0 Å². The molecule has 0 fully saturated rings. The Labute approximate surface area is 103 Å². The van der Waals surface area contributed by atoms with Gasteiger partial charge in [-0.15, -0.1) is 0 Å². The fourth-order valence-corrected chi connectivity index (χ4v) is 1.17. The van der Waals surface area contributed by atoms with Gasteiger partial charge in [0.05, 0.1) is 0 Å². The first-order valence-electron chi connectivity index (χ1n) is 3.69. The van der Waals surface area contributed by atoms with E-state index >= 15 is 0 Å². The molecule has 0 amide bonds. The number of hydrogen-bond acceptors (Lipinski definition) is 5. The summed E-state index contributed by atoms with van der Waals surface area (Å²) >= 11 is 0. The van der Waals surface area contributed by atoms with Crippen LogP contribution in [-0.2, 0) is 14.0 Å². The van der Waals surface area contributed by atoms with Crippen LogP contribution in [0, 0.1) is 0 Å². The van der Waals surface area contributed by atoms with Crippen LogP contribution in [0.3, 0.4) is 0 Å². The van der Waals surface area contributed by atoms with Crippen molar-refractivity contribution >= 4 is 8.60 Å². The zero-order valence-electron chi connectivity index (χ0n) is 9.48. The van der Waals surface area contributed by atoms with E-state index in [1.165, 1.54) is 6.92 Å². The van der Waals surface area contributed by atoms with Gasteiger partial charge in [0.25, 0.3) is 5.97 Å². The summed E-state index contributed by atoms with van der Waals surface area (Å²) in [7, 11) is -2.46.